The maximum Gasteiger partial charge on any atom is 0.137 e. The summed E-state index contributed by atoms with van der Waals surface area (Å²) >= 11 is 6.17. The molecule has 0 bridgehead atoms. The molecule has 1 aromatic heterocycles. The van der Waals surface area contributed by atoms with E-state index in [4.69, 9.17) is 11.6 Å². The van der Waals surface area contributed by atoms with Crippen LogP contribution in [0.25, 0.3) is 0 Å². The number of rotatable bonds is 6. The fraction of sp³-hybridized carbons (Fsp3) is 0.714. The topological polar surface area (TPSA) is 32.3 Å². The summed E-state index contributed by atoms with van der Waals surface area (Å²) in [5.74, 6) is 2.27. The van der Waals surface area contributed by atoms with Crippen molar-refractivity contribution in [3.05, 3.63) is 16.5 Å². The zero-order valence-electron chi connectivity index (χ0n) is 12.9. The lowest BCUT2D eigenvalue weighted by atomic mass is 10.2. The van der Waals surface area contributed by atoms with E-state index >= 15 is 0 Å². The van der Waals surface area contributed by atoms with E-state index in [-0.39, 0.29) is 0 Å². The molecular formula is C14H25ClN4. The van der Waals surface area contributed by atoms with E-state index in [1.54, 1.807) is 0 Å². The molecule has 0 radical (unpaired) electrons. The Morgan fingerprint density at radius 1 is 1.11 bits per heavy atom. The van der Waals surface area contributed by atoms with Crippen LogP contribution in [0.2, 0.25) is 5.15 Å². The standard InChI is InChI=1S/C14H25ClN4/c1-10(2)9-19(8-7-18(5)6)14-11(3)13(15)16-12(4)17-14/h10H,7-9H2,1-6H3. The van der Waals surface area contributed by atoms with E-state index in [2.05, 4.69) is 47.7 Å². The quantitative estimate of drug-likeness (QED) is 0.752. The largest absolute Gasteiger partial charge is 0.355 e. The van der Waals surface area contributed by atoms with Crippen LogP contribution in [0.15, 0.2) is 0 Å². The fourth-order valence-corrected chi connectivity index (χ4v) is 2.14. The molecule has 0 spiro atoms. The van der Waals surface area contributed by atoms with Crippen molar-refractivity contribution in [2.24, 2.45) is 5.92 Å². The van der Waals surface area contributed by atoms with Crippen molar-refractivity contribution in [3.63, 3.8) is 0 Å². The molecule has 1 aromatic rings. The van der Waals surface area contributed by atoms with Gasteiger partial charge in [0.2, 0.25) is 0 Å². The molecular weight excluding hydrogens is 260 g/mol. The molecule has 1 rings (SSSR count). The Hall–Kier alpha value is -0.870. The molecule has 1 heterocycles. The van der Waals surface area contributed by atoms with Crippen LogP contribution in [0.4, 0.5) is 5.82 Å². The highest BCUT2D eigenvalue weighted by molar-refractivity contribution is 6.30. The first-order chi connectivity index (χ1) is 8.81. The van der Waals surface area contributed by atoms with Crippen LogP contribution >= 0.6 is 11.6 Å². The summed E-state index contributed by atoms with van der Waals surface area (Å²) in [6.45, 7) is 11.2. The number of halogens is 1. The van der Waals surface area contributed by atoms with Crippen molar-refractivity contribution in [1.29, 1.82) is 0 Å². The number of aromatic nitrogens is 2. The highest BCUT2D eigenvalue weighted by atomic mass is 35.5. The lowest BCUT2D eigenvalue weighted by Gasteiger charge is -2.28. The number of nitrogens with zero attached hydrogens (tertiary/aromatic N) is 4. The van der Waals surface area contributed by atoms with Gasteiger partial charge >= 0.3 is 0 Å². The molecule has 0 fully saturated rings. The van der Waals surface area contributed by atoms with E-state index in [1.165, 1.54) is 0 Å². The highest BCUT2D eigenvalue weighted by Gasteiger charge is 2.16. The second-order valence-electron chi connectivity index (χ2n) is 5.65. The summed E-state index contributed by atoms with van der Waals surface area (Å²) in [7, 11) is 4.16. The summed E-state index contributed by atoms with van der Waals surface area (Å²) in [5.41, 5.74) is 0.965. The summed E-state index contributed by atoms with van der Waals surface area (Å²) in [5, 5.41) is 0.557. The van der Waals surface area contributed by atoms with E-state index in [9.17, 15) is 0 Å². The van der Waals surface area contributed by atoms with Crippen molar-refractivity contribution >= 4 is 17.4 Å². The van der Waals surface area contributed by atoms with Gasteiger partial charge in [-0.3, -0.25) is 0 Å². The third-order valence-corrected chi connectivity index (χ3v) is 3.24. The molecule has 5 heteroatoms. The zero-order valence-corrected chi connectivity index (χ0v) is 13.6. The number of aryl methyl sites for hydroxylation is 1. The van der Waals surface area contributed by atoms with E-state index in [0.29, 0.717) is 11.1 Å². The van der Waals surface area contributed by atoms with E-state index in [1.807, 2.05) is 13.8 Å². The van der Waals surface area contributed by atoms with Crippen LogP contribution in [0, 0.1) is 19.8 Å². The van der Waals surface area contributed by atoms with Crippen LogP contribution in [0.5, 0.6) is 0 Å². The van der Waals surface area contributed by atoms with Gasteiger partial charge in [0.25, 0.3) is 0 Å². The maximum atomic E-state index is 6.17. The lowest BCUT2D eigenvalue weighted by molar-refractivity contribution is 0.408. The lowest BCUT2D eigenvalue weighted by Crippen LogP contribution is -2.35. The molecule has 0 atom stereocenters. The van der Waals surface area contributed by atoms with Crippen LogP contribution in [-0.4, -0.2) is 48.6 Å². The SMILES string of the molecule is Cc1nc(Cl)c(C)c(N(CCN(C)C)CC(C)C)n1. The first-order valence-electron chi connectivity index (χ1n) is 6.71. The molecule has 0 N–H and O–H groups in total. The Balaban J connectivity index is 3.02. The summed E-state index contributed by atoms with van der Waals surface area (Å²) < 4.78 is 0. The minimum absolute atomic E-state index is 0.557. The third kappa shape index (κ3) is 4.96. The molecule has 0 aliphatic carbocycles. The van der Waals surface area contributed by atoms with Crippen molar-refractivity contribution < 1.29 is 0 Å². The van der Waals surface area contributed by atoms with Gasteiger partial charge in [-0.25, -0.2) is 9.97 Å². The molecule has 0 aromatic carbocycles. The molecule has 0 unspecified atom stereocenters. The van der Waals surface area contributed by atoms with Gasteiger partial charge < -0.3 is 9.80 Å². The van der Waals surface area contributed by atoms with Crippen LogP contribution < -0.4 is 4.90 Å². The van der Waals surface area contributed by atoms with Gasteiger partial charge in [0.05, 0.1) is 0 Å². The molecule has 19 heavy (non-hydrogen) atoms. The minimum atomic E-state index is 0.557. The Morgan fingerprint density at radius 3 is 2.26 bits per heavy atom. The minimum Gasteiger partial charge on any atom is -0.355 e. The predicted molar refractivity (Wildman–Crippen MR) is 82.1 cm³/mol. The van der Waals surface area contributed by atoms with Gasteiger partial charge in [0.15, 0.2) is 0 Å². The predicted octanol–water partition coefficient (Wildman–Crippen LogP) is 2.77. The zero-order chi connectivity index (χ0) is 14.6. The number of anilines is 1. The molecule has 0 saturated carbocycles. The van der Waals surface area contributed by atoms with Crippen LogP contribution in [0.3, 0.4) is 0 Å². The number of hydrogen-bond acceptors (Lipinski definition) is 4. The van der Waals surface area contributed by atoms with E-state index < -0.39 is 0 Å². The van der Waals surface area contributed by atoms with Gasteiger partial charge in [-0.2, -0.15) is 0 Å². The van der Waals surface area contributed by atoms with Crippen LogP contribution in [-0.2, 0) is 0 Å². The first kappa shape index (κ1) is 16.2. The average molecular weight is 285 g/mol. The second kappa shape index (κ2) is 7.06. The van der Waals surface area contributed by atoms with Crippen molar-refractivity contribution in [3.8, 4) is 0 Å². The summed E-state index contributed by atoms with van der Waals surface area (Å²) in [4.78, 5) is 13.3. The molecule has 0 saturated heterocycles. The third-order valence-electron chi connectivity index (χ3n) is 2.87. The number of hydrogen-bond donors (Lipinski definition) is 0. The van der Waals surface area contributed by atoms with E-state index in [0.717, 1.165) is 36.8 Å². The maximum absolute atomic E-state index is 6.17. The van der Waals surface area contributed by atoms with Gasteiger partial charge in [-0.1, -0.05) is 25.4 Å². The monoisotopic (exact) mass is 284 g/mol. The molecule has 0 aliphatic rings. The van der Waals surface area contributed by atoms with Crippen molar-refractivity contribution in [1.82, 2.24) is 14.9 Å². The smallest absolute Gasteiger partial charge is 0.137 e. The van der Waals surface area contributed by atoms with Crippen molar-refractivity contribution in [2.45, 2.75) is 27.7 Å². The Labute approximate surface area is 121 Å². The Bertz CT molecular complexity index is 418. The summed E-state index contributed by atoms with van der Waals surface area (Å²) in [6.07, 6.45) is 0. The first-order valence-corrected chi connectivity index (χ1v) is 7.09. The van der Waals surface area contributed by atoms with Gasteiger partial charge in [-0.15, -0.1) is 0 Å². The number of likely N-dealkylation sites (N-methyl/N-ethyl adjacent to an activating group) is 1. The molecule has 108 valence electrons. The summed E-state index contributed by atoms with van der Waals surface area (Å²) in [6, 6.07) is 0. The van der Waals surface area contributed by atoms with Crippen molar-refractivity contribution in [2.75, 3.05) is 38.6 Å². The molecule has 4 nitrogen and oxygen atoms in total. The Kier molecular flexibility index (Phi) is 6.01. The highest BCUT2D eigenvalue weighted by Crippen LogP contribution is 2.24. The van der Waals surface area contributed by atoms with Gasteiger partial charge in [0, 0.05) is 25.2 Å². The van der Waals surface area contributed by atoms with Gasteiger partial charge in [0.1, 0.15) is 16.8 Å². The second-order valence-corrected chi connectivity index (χ2v) is 6.01. The Morgan fingerprint density at radius 2 is 1.74 bits per heavy atom. The van der Waals surface area contributed by atoms with Crippen LogP contribution in [0.1, 0.15) is 25.2 Å². The normalized spacial score (nSPS) is 11.4. The molecule has 0 aliphatic heterocycles. The fourth-order valence-electron chi connectivity index (χ4n) is 1.93. The van der Waals surface area contributed by atoms with Gasteiger partial charge in [-0.05, 0) is 33.9 Å². The molecule has 0 amide bonds. The average Bonchev–Trinajstić information content (AvgIpc) is 2.28.